The molecule has 6 nitrogen and oxygen atoms in total. The average Bonchev–Trinajstić information content (AvgIpc) is 3.83. The van der Waals surface area contributed by atoms with E-state index in [1.54, 1.807) is 18.3 Å². The molecule has 0 spiro atoms. The molecule has 0 bridgehead atoms. The molecule has 3 fully saturated rings. The first-order valence-electron chi connectivity index (χ1n) is 15.6. The molecule has 3 aliphatic rings. The van der Waals surface area contributed by atoms with Crippen molar-refractivity contribution in [2.45, 2.75) is 63.1 Å². The molecule has 222 valence electrons. The monoisotopic (exact) mass is 597 g/mol. The fourth-order valence-corrected chi connectivity index (χ4v) is 7.12. The summed E-state index contributed by atoms with van der Waals surface area (Å²) in [5, 5.41) is 3.45. The van der Waals surface area contributed by atoms with E-state index in [2.05, 4.69) is 32.2 Å². The summed E-state index contributed by atoms with van der Waals surface area (Å²) in [6.45, 7) is 4.80. The van der Waals surface area contributed by atoms with Gasteiger partial charge in [0.2, 0.25) is 0 Å². The number of carbonyl (C=O) groups is 1. The molecule has 8 heteroatoms. The third kappa shape index (κ3) is 5.78. The lowest BCUT2D eigenvalue weighted by atomic mass is 9.95. The van der Waals surface area contributed by atoms with Crippen molar-refractivity contribution in [3.05, 3.63) is 94.4 Å². The van der Waals surface area contributed by atoms with Gasteiger partial charge in [0.25, 0.3) is 5.91 Å². The van der Waals surface area contributed by atoms with Crippen LogP contribution in [-0.4, -0.2) is 57.9 Å². The number of pyridine rings is 2. The lowest BCUT2D eigenvalue weighted by Gasteiger charge is -2.40. The highest BCUT2D eigenvalue weighted by Crippen LogP contribution is 2.46. The first kappa shape index (κ1) is 28.4. The zero-order valence-corrected chi connectivity index (χ0v) is 25.1. The summed E-state index contributed by atoms with van der Waals surface area (Å²) in [7, 11) is 0. The Hall–Kier alpha value is -3.39. The number of nitrogens with one attached hydrogen (secondary N) is 1. The predicted octanol–water partition coefficient (Wildman–Crippen LogP) is 6.96. The Bertz CT molecular complexity index is 1630. The second kappa shape index (κ2) is 11.9. The van der Waals surface area contributed by atoms with Crippen LogP contribution in [0.3, 0.4) is 0 Å². The van der Waals surface area contributed by atoms with Crippen LogP contribution >= 0.6 is 11.6 Å². The van der Waals surface area contributed by atoms with E-state index < -0.39 is 5.82 Å². The Balaban J connectivity index is 1.28. The molecular weight excluding hydrogens is 561 g/mol. The topological polar surface area (TPSA) is 61.4 Å². The van der Waals surface area contributed by atoms with Gasteiger partial charge in [-0.15, -0.1) is 0 Å². The number of fused-ring (bicyclic) bond motifs is 1. The number of rotatable bonds is 7. The summed E-state index contributed by atoms with van der Waals surface area (Å²) < 4.78 is 14.8. The molecule has 4 aromatic rings. The molecule has 0 radical (unpaired) electrons. The van der Waals surface area contributed by atoms with Crippen molar-refractivity contribution >= 4 is 28.5 Å². The molecular formula is C35H37ClFN5O. The summed E-state index contributed by atoms with van der Waals surface area (Å²) in [5.74, 6) is -0.672. The SMILES string of the molecule is O=C(NC1(c2ccccc2)CC1)c1c(CN2CCC(N3CCCCC3)CC2)c(-c2ccc(Cl)c(F)c2)nc2cccnc12. The maximum atomic E-state index is 14.8. The quantitative estimate of drug-likeness (QED) is 0.250. The smallest absolute Gasteiger partial charge is 0.254 e. The second-order valence-corrected chi connectivity index (χ2v) is 12.7. The minimum absolute atomic E-state index is 0.0593. The highest BCUT2D eigenvalue weighted by molar-refractivity contribution is 6.30. The number of likely N-dealkylation sites (tertiary alicyclic amines) is 2. The van der Waals surface area contributed by atoms with Crippen molar-refractivity contribution in [2.24, 2.45) is 0 Å². The van der Waals surface area contributed by atoms with E-state index in [-0.39, 0.29) is 16.5 Å². The molecule has 2 saturated heterocycles. The highest BCUT2D eigenvalue weighted by Gasteiger charge is 2.46. The van der Waals surface area contributed by atoms with Gasteiger partial charge in [0, 0.05) is 29.9 Å². The molecule has 1 aliphatic carbocycles. The van der Waals surface area contributed by atoms with E-state index in [0.717, 1.165) is 49.9 Å². The van der Waals surface area contributed by atoms with E-state index in [1.165, 1.54) is 38.4 Å². The molecule has 4 heterocycles. The zero-order chi connectivity index (χ0) is 29.4. The maximum Gasteiger partial charge on any atom is 0.254 e. The van der Waals surface area contributed by atoms with Gasteiger partial charge in [-0.1, -0.05) is 54.4 Å². The number of piperidine rings is 2. The fourth-order valence-electron chi connectivity index (χ4n) is 7.01. The summed E-state index contributed by atoms with van der Waals surface area (Å²) in [5.41, 5.74) is 4.40. The Morgan fingerprint density at radius 3 is 2.47 bits per heavy atom. The molecule has 43 heavy (non-hydrogen) atoms. The van der Waals surface area contributed by atoms with Gasteiger partial charge in [0.05, 0.1) is 27.3 Å². The second-order valence-electron chi connectivity index (χ2n) is 12.3. The van der Waals surface area contributed by atoms with E-state index in [9.17, 15) is 9.18 Å². The summed E-state index contributed by atoms with van der Waals surface area (Å²) in [4.78, 5) is 29.2. The Morgan fingerprint density at radius 1 is 0.977 bits per heavy atom. The molecule has 2 aromatic heterocycles. The van der Waals surface area contributed by atoms with Gasteiger partial charge in [0.1, 0.15) is 11.3 Å². The standard InChI is InChI=1S/C35H37ClFN5O/c36-28-12-11-24(22-29(28)37)32-27(23-41-20-13-26(14-21-41)42-18-5-2-6-19-42)31(33-30(39-32)10-7-17-38-33)34(43)40-35(15-16-35)25-8-3-1-4-9-25/h1,3-4,7-12,17,22,26H,2,5-6,13-16,18-21,23H2,(H,40,43). The first-order valence-corrected chi connectivity index (χ1v) is 16.0. The van der Waals surface area contributed by atoms with E-state index in [0.29, 0.717) is 40.4 Å². The largest absolute Gasteiger partial charge is 0.342 e. The van der Waals surface area contributed by atoms with Crippen LogP contribution < -0.4 is 5.32 Å². The number of nitrogens with zero attached hydrogens (tertiary/aromatic N) is 4. The van der Waals surface area contributed by atoms with Crippen molar-refractivity contribution in [3.8, 4) is 11.3 Å². The van der Waals surface area contributed by atoms with Gasteiger partial charge in [-0.25, -0.2) is 9.37 Å². The number of halogens is 2. The summed E-state index contributed by atoms with van der Waals surface area (Å²) in [6, 6.07) is 19.2. The van der Waals surface area contributed by atoms with Crippen molar-refractivity contribution in [2.75, 3.05) is 26.2 Å². The first-order chi connectivity index (χ1) is 21.0. The molecule has 1 amide bonds. The van der Waals surface area contributed by atoms with E-state index >= 15 is 0 Å². The summed E-state index contributed by atoms with van der Waals surface area (Å²) >= 11 is 6.07. The van der Waals surface area contributed by atoms with E-state index in [4.69, 9.17) is 16.6 Å². The van der Waals surface area contributed by atoms with Crippen LogP contribution in [0.5, 0.6) is 0 Å². The van der Waals surface area contributed by atoms with Gasteiger partial charge in [-0.05, 0) is 94.5 Å². The van der Waals surface area contributed by atoms with Crippen LogP contribution in [0.15, 0.2) is 66.9 Å². The van der Waals surface area contributed by atoms with Crippen molar-refractivity contribution in [1.29, 1.82) is 0 Å². The average molecular weight is 598 g/mol. The minimum Gasteiger partial charge on any atom is -0.342 e. The van der Waals surface area contributed by atoms with Gasteiger partial charge in [0.15, 0.2) is 0 Å². The molecule has 0 unspecified atom stereocenters. The Kier molecular flexibility index (Phi) is 7.89. The molecule has 2 aromatic carbocycles. The molecule has 1 saturated carbocycles. The van der Waals surface area contributed by atoms with Crippen LogP contribution in [0.1, 0.15) is 66.4 Å². The van der Waals surface area contributed by atoms with Crippen molar-refractivity contribution in [1.82, 2.24) is 25.1 Å². The number of aromatic nitrogens is 2. The van der Waals surface area contributed by atoms with Gasteiger partial charge >= 0.3 is 0 Å². The summed E-state index contributed by atoms with van der Waals surface area (Å²) in [6.07, 6.45) is 9.59. The molecule has 0 atom stereocenters. The van der Waals surface area contributed by atoms with Crippen LogP contribution in [0, 0.1) is 5.82 Å². The number of amides is 1. The van der Waals surface area contributed by atoms with Gasteiger partial charge in [-0.2, -0.15) is 0 Å². The van der Waals surface area contributed by atoms with Crippen LogP contribution in [0.2, 0.25) is 5.02 Å². The predicted molar refractivity (Wildman–Crippen MR) is 168 cm³/mol. The van der Waals surface area contributed by atoms with E-state index in [1.807, 2.05) is 30.3 Å². The van der Waals surface area contributed by atoms with Crippen LogP contribution in [0.25, 0.3) is 22.3 Å². The van der Waals surface area contributed by atoms with Crippen LogP contribution in [0.4, 0.5) is 4.39 Å². The highest BCUT2D eigenvalue weighted by atomic mass is 35.5. The van der Waals surface area contributed by atoms with Gasteiger partial charge < -0.3 is 10.2 Å². The van der Waals surface area contributed by atoms with Crippen LogP contribution in [-0.2, 0) is 12.1 Å². The zero-order valence-electron chi connectivity index (χ0n) is 24.4. The van der Waals surface area contributed by atoms with Crippen molar-refractivity contribution in [3.63, 3.8) is 0 Å². The fraction of sp³-hybridized carbons (Fsp3) is 0.400. The Morgan fingerprint density at radius 2 is 1.74 bits per heavy atom. The minimum atomic E-state index is -0.507. The molecule has 7 rings (SSSR count). The van der Waals surface area contributed by atoms with Gasteiger partial charge in [-0.3, -0.25) is 14.7 Å². The third-order valence-electron chi connectivity index (χ3n) is 9.54. The Labute approximate surface area is 257 Å². The number of hydrogen-bond donors (Lipinski definition) is 1. The molecule has 1 N–H and O–H groups in total. The van der Waals surface area contributed by atoms with Crippen molar-refractivity contribution < 1.29 is 9.18 Å². The number of benzene rings is 2. The molecule has 2 aliphatic heterocycles. The normalized spacial score (nSPS) is 19.4. The maximum absolute atomic E-state index is 14.8. The lowest BCUT2D eigenvalue weighted by molar-refractivity contribution is 0.0881. The number of hydrogen-bond acceptors (Lipinski definition) is 5. The third-order valence-corrected chi connectivity index (χ3v) is 9.84. The number of carbonyl (C=O) groups excluding carboxylic acids is 1. The lowest BCUT2D eigenvalue weighted by Crippen LogP contribution is -2.46.